The second-order valence-electron chi connectivity index (χ2n) is 5.10. The Hall–Kier alpha value is -1.32. The molecule has 0 atom stereocenters. The van der Waals surface area contributed by atoms with Gasteiger partial charge in [0.2, 0.25) is 11.8 Å². The van der Waals surface area contributed by atoms with Gasteiger partial charge in [-0.25, -0.2) is 4.98 Å². The van der Waals surface area contributed by atoms with Crippen LogP contribution in [0.2, 0.25) is 0 Å². The summed E-state index contributed by atoms with van der Waals surface area (Å²) in [6.07, 6.45) is 8.47. The van der Waals surface area contributed by atoms with Crippen LogP contribution in [0.4, 0.5) is 5.95 Å². The predicted molar refractivity (Wildman–Crippen MR) is 72.8 cm³/mol. The molecule has 0 aliphatic heterocycles. The first-order valence-electron chi connectivity index (χ1n) is 6.92. The molecule has 1 aliphatic rings. The van der Waals surface area contributed by atoms with Crippen molar-refractivity contribution in [3.8, 4) is 5.88 Å². The molecule has 18 heavy (non-hydrogen) atoms. The van der Waals surface area contributed by atoms with Gasteiger partial charge in [0.05, 0.1) is 7.11 Å². The van der Waals surface area contributed by atoms with E-state index in [4.69, 9.17) is 4.74 Å². The van der Waals surface area contributed by atoms with Gasteiger partial charge in [0.1, 0.15) is 0 Å². The van der Waals surface area contributed by atoms with Crippen molar-refractivity contribution in [2.24, 2.45) is 11.8 Å². The molecule has 1 aromatic rings. The van der Waals surface area contributed by atoms with Crippen LogP contribution in [0.25, 0.3) is 0 Å². The highest BCUT2D eigenvalue weighted by molar-refractivity contribution is 5.27. The monoisotopic (exact) mass is 249 g/mol. The van der Waals surface area contributed by atoms with Crippen LogP contribution >= 0.6 is 0 Å². The lowest BCUT2D eigenvalue weighted by atomic mass is 9.81. The van der Waals surface area contributed by atoms with Crippen molar-refractivity contribution in [1.29, 1.82) is 0 Å². The molecule has 0 bridgehead atoms. The highest BCUT2D eigenvalue weighted by Crippen LogP contribution is 2.30. The smallest absolute Gasteiger partial charge is 0.225 e. The van der Waals surface area contributed by atoms with Gasteiger partial charge >= 0.3 is 0 Å². The highest BCUT2D eigenvalue weighted by Gasteiger charge is 2.19. The first kappa shape index (κ1) is 13.1. The Kier molecular flexibility index (Phi) is 4.79. The van der Waals surface area contributed by atoms with Crippen molar-refractivity contribution in [3.05, 3.63) is 12.3 Å². The number of hydrogen-bond acceptors (Lipinski definition) is 4. The molecule has 0 radical (unpaired) electrons. The van der Waals surface area contributed by atoms with Crippen LogP contribution in [0.15, 0.2) is 12.3 Å². The lowest BCUT2D eigenvalue weighted by Crippen LogP contribution is -2.21. The van der Waals surface area contributed by atoms with Crippen molar-refractivity contribution >= 4 is 5.95 Å². The van der Waals surface area contributed by atoms with Gasteiger partial charge in [-0.3, -0.25) is 0 Å². The van der Waals surface area contributed by atoms with Crippen LogP contribution in [-0.4, -0.2) is 23.6 Å². The summed E-state index contributed by atoms with van der Waals surface area (Å²) in [4.78, 5) is 8.46. The zero-order valence-electron chi connectivity index (χ0n) is 11.4. The van der Waals surface area contributed by atoms with E-state index in [1.54, 1.807) is 19.4 Å². The average molecular weight is 249 g/mol. The molecule has 0 unspecified atom stereocenters. The van der Waals surface area contributed by atoms with Crippen LogP contribution < -0.4 is 10.1 Å². The second-order valence-corrected chi connectivity index (χ2v) is 5.10. The maximum absolute atomic E-state index is 5.08. The number of nitrogens with one attached hydrogen (secondary N) is 1. The molecule has 1 fully saturated rings. The van der Waals surface area contributed by atoms with Crippen molar-refractivity contribution in [1.82, 2.24) is 9.97 Å². The van der Waals surface area contributed by atoms with Crippen LogP contribution in [0.3, 0.4) is 0 Å². The van der Waals surface area contributed by atoms with E-state index in [9.17, 15) is 0 Å². The zero-order chi connectivity index (χ0) is 12.8. The molecule has 4 nitrogen and oxygen atoms in total. The third-order valence-electron chi connectivity index (χ3n) is 3.93. The number of anilines is 1. The van der Waals surface area contributed by atoms with E-state index in [0.717, 1.165) is 18.4 Å². The Balaban J connectivity index is 1.77. The zero-order valence-corrected chi connectivity index (χ0v) is 11.4. The van der Waals surface area contributed by atoms with Crippen LogP contribution in [0, 0.1) is 11.8 Å². The summed E-state index contributed by atoms with van der Waals surface area (Å²) in [5.74, 6) is 3.01. The van der Waals surface area contributed by atoms with Crippen molar-refractivity contribution in [2.75, 3.05) is 19.0 Å². The van der Waals surface area contributed by atoms with E-state index in [2.05, 4.69) is 22.2 Å². The molecule has 0 amide bonds. The van der Waals surface area contributed by atoms with Gasteiger partial charge in [-0.15, -0.1) is 0 Å². The molecule has 1 N–H and O–H groups in total. The molecule has 1 aromatic heterocycles. The fraction of sp³-hybridized carbons (Fsp3) is 0.714. The predicted octanol–water partition coefficient (Wildman–Crippen LogP) is 3.11. The minimum Gasteiger partial charge on any atom is -0.481 e. The lowest BCUT2D eigenvalue weighted by Gasteiger charge is -2.27. The summed E-state index contributed by atoms with van der Waals surface area (Å²) in [6, 6.07) is 1.76. The van der Waals surface area contributed by atoms with Gasteiger partial charge in [-0.1, -0.05) is 26.2 Å². The quantitative estimate of drug-likeness (QED) is 0.871. The first-order valence-corrected chi connectivity index (χ1v) is 6.92. The summed E-state index contributed by atoms with van der Waals surface area (Å²) in [7, 11) is 1.62. The fourth-order valence-corrected chi connectivity index (χ4v) is 2.62. The van der Waals surface area contributed by atoms with E-state index in [0.29, 0.717) is 11.8 Å². The molecule has 1 saturated carbocycles. The van der Waals surface area contributed by atoms with E-state index in [1.807, 2.05) is 0 Å². The summed E-state index contributed by atoms with van der Waals surface area (Å²) in [5, 5.41) is 3.32. The van der Waals surface area contributed by atoms with Gasteiger partial charge in [-0.05, 0) is 24.7 Å². The van der Waals surface area contributed by atoms with Gasteiger partial charge in [0.15, 0.2) is 0 Å². The third kappa shape index (κ3) is 3.59. The number of ether oxygens (including phenoxy) is 1. The van der Waals surface area contributed by atoms with E-state index >= 15 is 0 Å². The van der Waals surface area contributed by atoms with Gasteiger partial charge in [0, 0.05) is 18.8 Å². The number of hydrogen-bond donors (Lipinski definition) is 1. The van der Waals surface area contributed by atoms with E-state index < -0.39 is 0 Å². The van der Waals surface area contributed by atoms with Crippen LogP contribution in [0.1, 0.15) is 39.0 Å². The summed E-state index contributed by atoms with van der Waals surface area (Å²) in [5.41, 5.74) is 0. The van der Waals surface area contributed by atoms with Crippen molar-refractivity contribution in [2.45, 2.75) is 39.0 Å². The second kappa shape index (κ2) is 6.57. The van der Waals surface area contributed by atoms with Crippen molar-refractivity contribution in [3.63, 3.8) is 0 Å². The molecule has 0 spiro atoms. The Bertz CT molecular complexity index is 362. The Morgan fingerprint density at radius 1 is 1.28 bits per heavy atom. The molecule has 2 rings (SSSR count). The summed E-state index contributed by atoms with van der Waals surface area (Å²) < 4.78 is 5.08. The molecule has 0 saturated heterocycles. The standard InChI is InChI=1S/C14H23N3O/c1-3-11-4-6-12(7-5-11)10-16-14-15-9-8-13(17-14)18-2/h8-9,11-12H,3-7,10H2,1-2H3,(H,15,16,17). The molecule has 1 aliphatic carbocycles. The SMILES string of the molecule is CCC1CCC(CNc2nccc(OC)n2)CC1. The normalized spacial score (nSPS) is 23.7. The van der Waals surface area contributed by atoms with Crippen molar-refractivity contribution < 1.29 is 4.74 Å². The molecule has 4 heteroatoms. The van der Waals surface area contributed by atoms with Crippen LogP contribution in [0.5, 0.6) is 5.88 Å². The minimum absolute atomic E-state index is 0.613. The third-order valence-corrected chi connectivity index (χ3v) is 3.93. The Morgan fingerprint density at radius 3 is 2.67 bits per heavy atom. The number of nitrogens with zero attached hydrogens (tertiary/aromatic N) is 2. The fourth-order valence-electron chi connectivity index (χ4n) is 2.62. The summed E-state index contributed by atoms with van der Waals surface area (Å²) in [6.45, 7) is 3.27. The summed E-state index contributed by atoms with van der Waals surface area (Å²) >= 11 is 0. The highest BCUT2D eigenvalue weighted by atomic mass is 16.5. The molecular formula is C14H23N3O. The van der Waals surface area contributed by atoms with Gasteiger partial charge in [0.25, 0.3) is 0 Å². The molecule has 0 aromatic carbocycles. The minimum atomic E-state index is 0.613. The molecular weight excluding hydrogens is 226 g/mol. The number of methoxy groups -OCH3 is 1. The maximum Gasteiger partial charge on any atom is 0.225 e. The van der Waals surface area contributed by atoms with E-state index in [-0.39, 0.29) is 0 Å². The Morgan fingerprint density at radius 2 is 2.00 bits per heavy atom. The largest absolute Gasteiger partial charge is 0.481 e. The molecule has 100 valence electrons. The lowest BCUT2D eigenvalue weighted by molar-refractivity contribution is 0.278. The Labute approximate surface area is 109 Å². The molecule has 1 heterocycles. The van der Waals surface area contributed by atoms with E-state index in [1.165, 1.54) is 32.1 Å². The van der Waals surface area contributed by atoms with Gasteiger partial charge < -0.3 is 10.1 Å². The van der Waals surface area contributed by atoms with Gasteiger partial charge in [-0.2, -0.15) is 4.98 Å². The average Bonchev–Trinajstić information content (AvgIpc) is 2.46. The number of aromatic nitrogens is 2. The van der Waals surface area contributed by atoms with Crippen LogP contribution in [-0.2, 0) is 0 Å². The maximum atomic E-state index is 5.08. The number of rotatable bonds is 5. The topological polar surface area (TPSA) is 47.0 Å². The first-order chi connectivity index (χ1) is 8.81.